The quantitative estimate of drug-likeness (QED) is 0.749. The second-order valence-electron chi connectivity index (χ2n) is 5.92. The van der Waals surface area contributed by atoms with Crippen LogP contribution in [-0.2, 0) is 11.3 Å². The number of pyridine rings is 1. The number of hydrogen-bond acceptors (Lipinski definition) is 5. The van der Waals surface area contributed by atoms with Gasteiger partial charge in [0.1, 0.15) is 5.75 Å². The van der Waals surface area contributed by atoms with Crippen LogP contribution in [0.5, 0.6) is 5.75 Å². The van der Waals surface area contributed by atoms with E-state index in [0.29, 0.717) is 24.4 Å². The third-order valence-electron chi connectivity index (χ3n) is 4.23. The number of amides is 1. The summed E-state index contributed by atoms with van der Waals surface area (Å²) in [6.45, 7) is 3.71. The van der Waals surface area contributed by atoms with Crippen molar-refractivity contribution in [3.05, 3.63) is 59.9 Å². The number of hydrogen-bond donors (Lipinski definition) is 0. The van der Waals surface area contributed by atoms with E-state index in [4.69, 9.17) is 4.74 Å². The first-order chi connectivity index (χ1) is 12.3. The lowest BCUT2D eigenvalue weighted by Gasteiger charge is -2.34. The lowest BCUT2D eigenvalue weighted by atomic mass is 10.2. The molecule has 0 spiro atoms. The first kappa shape index (κ1) is 17.1. The first-order valence-corrected chi connectivity index (χ1v) is 8.33. The van der Waals surface area contributed by atoms with Crippen LogP contribution in [-0.4, -0.2) is 59.8 Å². The maximum atomic E-state index is 12.3. The fourth-order valence-corrected chi connectivity index (χ4v) is 2.82. The molecule has 0 bridgehead atoms. The molecular formula is C19H21N3O3. The van der Waals surface area contributed by atoms with Gasteiger partial charge in [0.25, 0.3) is 5.91 Å². The van der Waals surface area contributed by atoms with Gasteiger partial charge in [0.2, 0.25) is 0 Å². The Morgan fingerprint density at radius 3 is 2.56 bits per heavy atom. The molecular weight excluding hydrogens is 318 g/mol. The minimum atomic E-state index is -0.0572. The molecule has 1 aromatic heterocycles. The Balaban J connectivity index is 1.46. The van der Waals surface area contributed by atoms with Gasteiger partial charge in [-0.1, -0.05) is 18.2 Å². The molecule has 1 aromatic carbocycles. The maximum Gasteiger partial charge on any atom is 0.260 e. The van der Waals surface area contributed by atoms with Gasteiger partial charge in [-0.2, -0.15) is 0 Å². The van der Waals surface area contributed by atoms with Gasteiger partial charge < -0.3 is 9.64 Å². The Bertz CT molecular complexity index is 713. The van der Waals surface area contributed by atoms with E-state index >= 15 is 0 Å². The Labute approximate surface area is 147 Å². The predicted octanol–water partition coefficient (Wildman–Crippen LogP) is 1.62. The van der Waals surface area contributed by atoms with Gasteiger partial charge in [0.05, 0.1) is 11.3 Å². The Morgan fingerprint density at radius 1 is 1.08 bits per heavy atom. The average molecular weight is 339 g/mol. The number of piperazine rings is 1. The highest BCUT2D eigenvalue weighted by molar-refractivity contribution is 5.80. The largest absolute Gasteiger partial charge is 0.483 e. The third-order valence-corrected chi connectivity index (χ3v) is 4.23. The zero-order valence-corrected chi connectivity index (χ0v) is 14.0. The summed E-state index contributed by atoms with van der Waals surface area (Å²) < 4.78 is 5.52. The average Bonchev–Trinajstić information content (AvgIpc) is 2.67. The van der Waals surface area contributed by atoms with Gasteiger partial charge in [0.15, 0.2) is 12.9 Å². The Morgan fingerprint density at radius 2 is 1.84 bits per heavy atom. The molecule has 130 valence electrons. The van der Waals surface area contributed by atoms with Gasteiger partial charge in [-0.3, -0.25) is 19.5 Å². The van der Waals surface area contributed by atoms with Crippen molar-refractivity contribution in [2.45, 2.75) is 6.54 Å². The lowest BCUT2D eigenvalue weighted by molar-refractivity contribution is -0.135. The molecule has 0 atom stereocenters. The Kier molecular flexibility index (Phi) is 5.74. The molecule has 3 rings (SSSR count). The van der Waals surface area contributed by atoms with Crippen molar-refractivity contribution in [3.63, 3.8) is 0 Å². The van der Waals surface area contributed by atoms with Crippen LogP contribution in [0.4, 0.5) is 0 Å². The van der Waals surface area contributed by atoms with Crippen molar-refractivity contribution in [1.82, 2.24) is 14.8 Å². The predicted molar refractivity (Wildman–Crippen MR) is 93.4 cm³/mol. The third kappa shape index (κ3) is 4.64. The molecule has 1 amide bonds. The van der Waals surface area contributed by atoms with Crippen molar-refractivity contribution in [2.24, 2.45) is 0 Å². The highest BCUT2D eigenvalue weighted by atomic mass is 16.5. The van der Waals surface area contributed by atoms with E-state index in [9.17, 15) is 9.59 Å². The summed E-state index contributed by atoms with van der Waals surface area (Å²) in [6.07, 6.45) is 2.53. The molecule has 2 heterocycles. The second kappa shape index (κ2) is 8.39. The number of nitrogens with zero attached hydrogens (tertiary/aromatic N) is 3. The number of benzene rings is 1. The molecule has 6 nitrogen and oxygen atoms in total. The summed E-state index contributed by atoms with van der Waals surface area (Å²) in [4.78, 5) is 31.7. The van der Waals surface area contributed by atoms with Crippen molar-refractivity contribution >= 4 is 12.2 Å². The van der Waals surface area contributed by atoms with E-state index in [1.165, 1.54) is 0 Å². The molecule has 1 saturated heterocycles. The van der Waals surface area contributed by atoms with Gasteiger partial charge in [-0.05, 0) is 24.3 Å². The monoisotopic (exact) mass is 339 g/mol. The normalized spacial score (nSPS) is 15.0. The molecule has 6 heteroatoms. The minimum Gasteiger partial charge on any atom is -0.483 e. The fraction of sp³-hybridized carbons (Fsp3) is 0.316. The molecule has 1 aliphatic rings. The molecule has 25 heavy (non-hydrogen) atoms. The van der Waals surface area contributed by atoms with Crippen LogP contribution >= 0.6 is 0 Å². The summed E-state index contributed by atoms with van der Waals surface area (Å²) in [5.74, 6) is 0.387. The lowest BCUT2D eigenvalue weighted by Crippen LogP contribution is -2.49. The zero-order chi connectivity index (χ0) is 17.5. The summed E-state index contributed by atoms with van der Waals surface area (Å²) >= 11 is 0. The van der Waals surface area contributed by atoms with Gasteiger partial charge >= 0.3 is 0 Å². The van der Waals surface area contributed by atoms with Gasteiger partial charge in [0, 0.05) is 38.9 Å². The maximum absolute atomic E-state index is 12.3. The van der Waals surface area contributed by atoms with Crippen molar-refractivity contribution in [2.75, 3.05) is 32.8 Å². The van der Waals surface area contributed by atoms with E-state index in [0.717, 1.165) is 31.6 Å². The number of para-hydroxylation sites is 1. The summed E-state index contributed by atoms with van der Waals surface area (Å²) in [6, 6.07) is 12.8. The number of rotatable bonds is 6. The molecule has 1 fully saturated rings. The molecule has 0 unspecified atom stereocenters. The highest BCUT2D eigenvalue weighted by Crippen LogP contribution is 2.16. The van der Waals surface area contributed by atoms with Crippen LogP contribution in [0.2, 0.25) is 0 Å². The van der Waals surface area contributed by atoms with Crippen LogP contribution in [0.15, 0.2) is 48.7 Å². The standard InChI is InChI=1S/C19H21N3O3/c23-14-16-5-1-2-7-18(16)25-15-19(24)22-11-9-21(10-12-22)13-17-6-3-4-8-20-17/h1-8,14H,9-13,15H2. The topological polar surface area (TPSA) is 62.7 Å². The van der Waals surface area contributed by atoms with E-state index in [2.05, 4.69) is 9.88 Å². The van der Waals surface area contributed by atoms with Gasteiger partial charge in [-0.15, -0.1) is 0 Å². The van der Waals surface area contributed by atoms with Crippen LogP contribution in [0.25, 0.3) is 0 Å². The number of ether oxygens (including phenoxy) is 1. The van der Waals surface area contributed by atoms with Gasteiger partial charge in [-0.25, -0.2) is 0 Å². The van der Waals surface area contributed by atoms with Crippen molar-refractivity contribution in [3.8, 4) is 5.75 Å². The first-order valence-electron chi connectivity index (χ1n) is 8.33. The van der Waals surface area contributed by atoms with E-state index < -0.39 is 0 Å². The van der Waals surface area contributed by atoms with Crippen LogP contribution < -0.4 is 4.74 Å². The van der Waals surface area contributed by atoms with E-state index in [1.807, 2.05) is 18.2 Å². The Hall–Kier alpha value is -2.73. The number of carbonyl (C=O) groups excluding carboxylic acids is 2. The number of aromatic nitrogens is 1. The van der Waals surface area contributed by atoms with E-state index in [-0.39, 0.29) is 12.5 Å². The minimum absolute atomic E-state index is 0.0505. The fourth-order valence-electron chi connectivity index (χ4n) is 2.82. The summed E-state index contributed by atoms with van der Waals surface area (Å²) in [7, 11) is 0. The molecule has 2 aromatic rings. The molecule has 1 aliphatic heterocycles. The summed E-state index contributed by atoms with van der Waals surface area (Å²) in [5.41, 5.74) is 1.49. The molecule has 0 aliphatic carbocycles. The number of carbonyl (C=O) groups is 2. The van der Waals surface area contributed by atoms with Crippen molar-refractivity contribution in [1.29, 1.82) is 0 Å². The van der Waals surface area contributed by atoms with Crippen LogP contribution in [0.3, 0.4) is 0 Å². The van der Waals surface area contributed by atoms with Crippen molar-refractivity contribution < 1.29 is 14.3 Å². The van der Waals surface area contributed by atoms with Crippen LogP contribution in [0.1, 0.15) is 16.1 Å². The smallest absolute Gasteiger partial charge is 0.260 e. The zero-order valence-electron chi connectivity index (χ0n) is 14.0. The molecule has 0 radical (unpaired) electrons. The highest BCUT2D eigenvalue weighted by Gasteiger charge is 2.21. The second-order valence-corrected chi connectivity index (χ2v) is 5.92. The summed E-state index contributed by atoms with van der Waals surface area (Å²) in [5, 5.41) is 0. The molecule has 0 saturated carbocycles. The SMILES string of the molecule is O=Cc1ccccc1OCC(=O)N1CCN(Cc2ccccn2)CC1. The van der Waals surface area contributed by atoms with Crippen LogP contribution in [0, 0.1) is 0 Å². The molecule has 0 N–H and O–H groups in total. The number of aldehydes is 1. The van der Waals surface area contributed by atoms with E-state index in [1.54, 1.807) is 35.4 Å².